The highest BCUT2D eigenvalue weighted by atomic mass is 32.2. The molecule has 2 N–H and O–H groups in total. The fourth-order valence-corrected chi connectivity index (χ4v) is 2.26. The number of hydrogen-bond acceptors (Lipinski definition) is 3. The third kappa shape index (κ3) is 4.47. The van der Waals surface area contributed by atoms with Crippen LogP contribution >= 0.6 is 11.8 Å². The Labute approximate surface area is 103 Å². The molecule has 6 heteroatoms. The Morgan fingerprint density at radius 2 is 1.94 bits per heavy atom. The zero-order valence-electron chi connectivity index (χ0n) is 9.71. The van der Waals surface area contributed by atoms with Gasteiger partial charge in [0, 0.05) is 22.9 Å². The number of hydrogen-bond donors (Lipinski definition) is 1. The molecule has 0 heterocycles. The fraction of sp³-hybridized carbons (Fsp3) is 0.455. The summed E-state index contributed by atoms with van der Waals surface area (Å²) in [7, 11) is 3.88. The summed E-state index contributed by atoms with van der Waals surface area (Å²) >= 11 is 1.46. The van der Waals surface area contributed by atoms with Gasteiger partial charge in [0.05, 0.1) is 5.56 Å². The van der Waals surface area contributed by atoms with Crippen LogP contribution in [0.2, 0.25) is 0 Å². The molecule has 0 unspecified atom stereocenters. The van der Waals surface area contributed by atoms with E-state index >= 15 is 0 Å². The average molecular weight is 264 g/mol. The lowest BCUT2D eigenvalue weighted by atomic mass is 10.2. The van der Waals surface area contributed by atoms with Crippen LogP contribution in [-0.4, -0.2) is 31.3 Å². The van der Waals surface area contributed by atoms with E-state index in [1.54, 1.807) is 0 Å². The molecular formula is C11H15F3N2S. The highest BCUT2D eigenvalue weighted by Gasteiger charge is 2.30. The van der Waals surface area contributed by atoms with Crippen molar-refractivity contribution in [2.24, 2.45) is 0 Å². The summed E-state index contributed by atoms with van der Waals surface area (Å²) in [5.74, 6) is 0.794. The smallest absolute Gasteiger partial charge is 0.398 e. The summed E-state index contributed by atoms with van der Waals surface area (Å²) in [5, 5.41) is 0. The number of nitrogens with zero attached hydrogens (tertiary/aromatic N) is 1. The van der Waals surface area contributed by atoms with E-state index in [0.29, 0.717) is 4.90 Å². The fourth-order valence-electron chi connectivity index (χ4n) is 1.19. The standard InChI is InChI=1S/C11H15F3N2S/c1-16(2)5-6-17-10-4-3-8(7-9(10)15)11(12,13)14/h3-4,7H,5-6,15H2,1-2H3. The molecule has 0 aliphatic rings. The van der Waals surface area contributed by atoms with Crippen LogP contribution in [0.3, 0.4) is 0 Å². The normalized spacial score (nSPS) is 12.1. The van der Waals surface area contributed by atoms with Crippen LogP contribution in [0.1, 0.15) is 5.56 Å². The van der Waals surface area contributed by atoms with Gasteiger partial charge in [0.25, 0.3) is 0 Å². The Hall–Kier alpha value is -0.880. The minimum Gasteiger partial charge on any atom is -0.398 e. The van der Waals surface area contributed by atoms with Gasteiger partial charge >= 0.3 is 6.18 Å². The van der Waals surface area contributed by atoms with Gasteiger partial charge in [-0.2, -0.15) is 13.2 Å². The Morgan fingerprint density at radius 3 is 2.41 bits per heavy atom. The molecule has 0 spiro atoms. The summed E-state index contributed by atoms with van der Waals surface area (Å²) in [6, 6.07) is 3.48. The van der Waals surface area contributed by atoms with E-state index in [-0.39, 0.29) is 5.69 Å². The number of thioether (sulfide) groups is 1. The van der Waals surface area contributed by atoms with Crippen LogP contribution < -0.4 is 5.73 Å². The summed E-state index contributed by atoms with van der Waals surface area (Å²) in [5.41, 5.74) is 5.08. The Kier molecular flexibility index (Phi) is 4.70. The largest absolute Gasteiger partial charge is 0.416 e. The van der Waals surface area contributed by atoms with Gasteiger partial charge in [0.1, 0.15) is 0 Å². The molecule has 1 aromatic rings. The molecule has 17 heavy (non-hydrogen) atoms. The molecule has 0 saturated heterocycles. The SMILES string of the molecule is CN(C)CCSc1ccc(C(F)(F)F)cc1N. The Bertz CT molecular complexity index is 377. The van der Waals surface area contributed by atoms with Crippen molar-refractivity contribution in [2.75, 3.05) is 32.1 Å². The summed E-state index contributed by atoms with van der Waals surface area (Å²) < 4.78 is 37.2. The van der Waals surface area contributed by atoms with Crippen LogP contribution in [0.5, 0.6) is 0 Å². The van der Waals surface area contributed by atoms with Crippen LogP contribution in [0.15, 0.2) is 23.1 Å². The third-order valence-electron chi connectivity index (χ3n) is 2.13. The van der Waals surface area contributed by atoms with Crippen LogP contribution in [0, 0.1) is 0 Å². The topological polar surface area (TPSA) is 29.3 Å². The van der Waals surface area contributed by atoms with Crippen LogP contribution in [0.4, 0.5) is 18.9 Å². The Morgan fingerprint density at radius 1 is 1.29 bits per heavy atom. The number of alkyl halides is 3. The number of benzene rings is 1. The van der Waals surface area contributed by atoms with Gasteiger partial charge in [-0.1, -0.05) is 0 Å². The lowest BCUT2D eigenvalue weighted by Crippen LogP contribution is -2.14. The van der Waals surface area contributed by atoms with E-state index in [2.05, 4.69) is 0 Å². The van der Waals surface area contributed by atoms with Gasteiger partial charge in [-0.15, -0.1) is 11.8 Å². The van der Waals surface area contributed by atoms with Gasteiger partial charge in [0.2, 0.25) is 0 Å². The number of nitrogen functional groups attached to an aromatic ring is 1. The molecule has 0 radical (unpaired) electrons. The van der Waals surface area contributed by atoms with Crippen molar-refractivity contribution >= 4 is 17.4 Å². The first-order valence-electron chi connectivity index (χ1n) is 5.05. The van der Waals surface area contributed by atoms with E-state index in [1.165, 1.54) is 17.8 Å². The maximum atomic E-state index is 12.4. The minimum atomic E-state index is -4.33. The lowest BCUT2D eigenvalue weighted by Gasteiger charge is -2.12. The summed E-state index contributed by atoms with van der Waals surface area (Å²) in [4.78, 5) is 2.70. The second-order valence-corrected chi connectivity index (χ2v) is 5.04. The number of rotatable bonds is 4. The van der Waals surface area contributed by atoms with Crippen LogP contribution in [-0.2, 0) is 6.18 Å². The van der Waals surface area contributed by atoms with Crippen LogP contribution in [0.25, 0.3) is 0 Å². The Balaban J connectivity index is 2.70. The van der Waals surface area contributed by atoms with Gasteiger partial charge in [-0.25, -0.2) is 0 Å². The summed E-state index contributed by atoms with van der Waals surface area (Å²) in [6.45, 7) is 0.852. The quantitative estimate of drug-likeness (QED) is 0.669. The van der Waals surface area contributed by atoms with Crippen molar-refractivity contribution in [2.45, 2.75) is 11.1 Å². The van der Waals surface area contributed by atoms with Gasteiger partial charge in [-0.05, 0) is 32.3 Å². The zero-order valence-corrected chi connectivity index (χ0v) is 10.5. The molecule has 1 rings (SSSR count). The average Bonchev–Trinajstić information content (AvgIpc) is 2.18. The van der Waals surface area contributed by atoms with E-state index in [4.69, 9.17) is 5.73 Å². The highest BCUT2D eigenvalue weighted by Crippen LogP contribution is 2.34. The third-order valence-corrected chi connectivity index (χ3v) is 3.20. The van der Waals surface area contributed by atoms with Crippen molar-refractivity contribution in [3.63, 3.8) is 0 Å². The first-order chi connectivity index (χ1) is 7.80. The molecule has 0 atom stereocenters. The van der Waals surface area contributed by atoms with Gasteiger partial charge in [0.15, 0.2) is 0 Å². The van der Waals surface area contributed by atoms with E-state index < -0.39 is 11.7 Å². The molecule has 0 aliphatic carbocycles. The zero-order chi connectivity index (χ0) is 13.1. The summed E-state index contributed by atoms with van der Waals surface area (Å²) in [6.07, 6.45) is -4.33. The second-order valence-electron chi connectivity index (χ2n) is 3.90. The number of nitrogens with two attached hydrogens (primary N) is 1. The first-order valence-corrected chi connectivity index (χ1v) is 6.03. The monoisotopic (exact) mass is 264 g/mol. The molecule has 0 fully saturated rings. The molecule has 0 aliphatic heterocycles. The number of halogens is 3. The van der Waals surface area contributed by atoms with Crippen molar-refractivity contribution in [3.8, 4) is 0 Å². The van der Waals surface area contributed by atoms with Crippen molar-refractivity contribution in [1.29, 1.82) is 0 Å². The van der Waals surface area contributed by atoms with E-state index in [9.17, 15) is 13.2 Å². The van der Waals surface area contributed by atoms with Gasteiger partial charge in [-0.3, -0.25) is 0 Å². The molecule has 0 saturated carbocycles. The highest BCUT2D eigenvalue weighted by molar-refractivity contribution is 7.99. The van der Waals surface area contributed by atoms with E-state index in [0.717, 1.165) is 24.4 Å². The maximum Gasteiger partial charge on any atom is 0.416 e. The molecule has 1 aromatic carbocycles. The van der Waals surface area contributed by atoms with E-state index in [1.807, 2.05) is 19.0 Å². The molecule has 96 valence electrons. The molecule has 0 aromatic heterocycles. The lowest BCUT2D eigenvalue weighted by molar-refractivity contribution is -0.137. The molecule has 0 amide bonds. The maximum absolute atomic E-state index is 12.4. The second kappa shape index (κ2) is 5.64. The minimum absolute atomic E-state index is 0.184. The van der Waals surface area contributed by atoms with Gasteiger partial charge < -0.3 is 10.6 Å². The van der Waals surface area contributed by atoms with Crippen molar-refractivity contribution < 1.29 is 13.2 Å². The molecular weight excluding hydrogens is 249 g/mol. The predicted molar refractivity (Wildman–Crippen MR) is 65.1 cm³/mol. The van der Waals surface area contributed by atoms with Crippen molar-refractivity contribution in [3.05, 3.63) is 23.8 Å². The van der Waals surface area contributed by atoms with Crippen molar-refractivity contribution in [1.82, 2.24) is 4.90 Å². The molecule has 2 nitrogen and oxygen atoms in total. The number of anilines is 1. The molecule has 0 bridgehead atoms. The predicted octanol–water partition coefficient (Wildman–Crippen LogP) is 2.94. The first kappa shape index (κ1) is 14.2.